The summed E-state index contributed by atoms with van der Waals surface area (Å²) >= 11 is 1.65. The van der Waals surface area contributed by atoms with E-state index in [0.29, 0.717) is 0 Å². The van der Waals surface area contributed by atoms with Gasteiger partial charge in [0.05, 0.1) is 11.7 Å². The Kier molecular flexibility index (Phi) is 4.07. The molecule has 1 aromatic heterocycles. The van der Waals surface area contributed by atoms with Gasteiger partial charge in [-0.05, 0) is 17.4 Å². The van der Waals surface area contributed by atoms with E-state index in [9.17, 15) is 0 Å². The Morgan fingerprint density at radius 1 is 1.21 bits per heavy atom. The summed E-state index contributed by atoms with van der Waals surface area (Å²) in [4.78, 5) is 4.64. The van der Waals surface area contributed by atoms with Crippen LogP contribution in [0.2, 0.25) is 0 Å². The summed E-state index contributed by atoms with van der Waals surface area (Å²) in [7, 11) is 0. The van der Waals surface area contributed by atoms with Crippen molar-refractivity contribution in [1.29, 1.82) is 0 Å². The lowest BCUT2D eigenvalue weighted by Gasteiger charge is -2.18. The highest BCUT2D eigenvalue weighted by Gasteiger charge is 2.14. The van der Waals surface area contributed by atoms with Gasteiger partial charge >= 0.3 is 0 Å². The van der Waals surface area contributed by atoms with Crippen molar-refractivity contribution >= 4 is 11.3 Å². The number of thiazole rings is 1. The molecule has 2 N–H and O–H groups in total. The Bertz CT molecular complexity index is 535. The number of nitrogens with two attached hydrogens (primary N) is 1. The summed E-state index contributed by atoms with van der Waals surface area (Å²) in [5.41, 5.74) is 9.75. The van der Waals surface area contributed by atoms with Crippen molar-refractivity contribution in [1.82, 2.24) is 4.98 Å². The van der Waals surface area contributed by atoms with Crippen molar-refractivity contribution in [2.24, 2.45) is 5.73 Å². The quantitative estimate of drug-likeness (QED) is 0.894. The van der Waals surface area contributed by atoms with Gasteiger partial charge in [-0.25, -0.2) is 4.98 Å². The highest BCUT2D eigenvalue weighted by atomic mass is 32.1. The molecular weight excluding hydrogens is 252 g/mol. The van der Waals surface area contributed by atoms with Gasteiger partial charge in [0.2, 0.25) is 0 Å². The van der Waals surface area contributed by atoms with Gasteiger partial charge in [0.25, 0.3) is 0 Å². The molecule has 1 unspecified atom stereocenters. The maximum atomic E-state index is 6.01. The third-order valence-corrected chi connectivity index (χ3v) is 4.30. The van der Waals surface area contributed by atoms with Crippen LogP contribution in [0.25, 0.3) is 11.3 Å². The standard InChI is InChI=1S/C16H22N2S/c1-5-13(17)15-18-14(10-19-15)11-6-8-12(9-7-11)16(2,3)4/h6-10,13H,5,17H2,1-4H3. The molecule has 0 saturated carbocycles. The van der Waals surface area contributed by atoms with Gasteiger partial charge in [-0.1, -0.05) is 52.0 Å². The summed E-state index contributed by atoms with van der Waals surface area (Å²) in [5.74, 6) is 0. The molecule has 0 aliphatic carbocycles. The predicted molar refractivity (Wildman–Crippen MR) is 83.5 cm³/mol. The molecule has 0 saturated heterocycles. The topological polar surface area (TPSA) is 38.9 Å². The van der Waals surface area contributed by atoms with Gasteiger partial charge in [-0.2, -0.15) is 0 Å². The van der Waals surface area contributed by atoms with Gasteiger partial charge in [0.15, 0.2) is 0 Å². The first kappa shape index (κ1) is 14.2. The van der Waals surface area contributed by atoms with E-state index in [1.807, 2.05) is 0 Å². The second kappa shape index (κ2) is 5.43. The van der Waals surface area contributed by atoms with Crippen LogP contribution in [0.15, 0.2) is 29.6 Å². The normalized spacial score (nSPS) is 13.5. The van der Waals surface area contributed by atoms with Gasteiger partial charge in [0.1, 0.15) is 5.01 Å². The van der Waals surface area contributed by atoms with E-state index in [-0.39, 0.29) is 11.5 Å². The lowest BCUT2D eigenvalue weighted by molar-refractivity contribution is 0.590. The van der Waals surface area contributed by atoms with Gasteiger partial charge < -0.3 is 5.73 Å². The Morgan fingerprint density at radius 3 is 2.37 bits per heavy atom. The van der Waals surface area contributed by atoms with Crippen LogP contribution in [0.1, 0.15) is 50.7 Å². The van der Waals surface area contributed by atoms with Crippen LogP contribution in [-0.2, 0) is 5.41 Å². The summed E-state index contributed by atoms with van der Waals surface area (Å²) in [5, 5.41) is 3.12. The summed E-state index contributed by atoms with van der Waals surface area (Å²) in [6.07, 6.45) is 0.927. The maximum absolute atomic E-state index is 6.01. The van der Waals surface area contributed by atoms with Crippen molar-refractivity contribution < 1.29 is 0 Å². The minimum Gasteiger partial charge on any atom is -0.322 e. The van der Waals surface area contributed by atoms with Crippen LogP contribution in [0.5, 0.6) is 0 Å². The van der Waals surface area contributed by atoms with Crippen molar-refractivity contribution in [3.8, 4) is 11.3 Å². The average molecular weight is 274 g/mol. The molecule has 0 aliphatic heterocycles. The molecule has 2 aromatic rings. The maximum Gasteiger partial charge on any atom is 0.110 e. The number of benzene rings is 1. The second-order valence-corrected chi connectivity index (χ2v) is 6.80. The molecule has 0 spiro atoms. The first-order valence-electron chi connectivity index (χ1n) is 6.73. The zero-order valence-corrected chi connectivity index (χ0v) is 12.9. The third kappa shape index (κ3) is 3.23. The molecule has 1 aromatic carbocycles. The molecule has 19 heavy (non-hydrogen) atoms. The van der Waals surface area contributed by atoms with E-state index in [1.165, 1.54) is 11.1 Å². The monoisotopic (exact) mass is 274 g/mol. The van der Waals surface area contributed by atoms with Crippen molar-refractivity contribution in [3.63, 3.8) is 0 Å². The Morgan fingerprint density at radius 2 is 1.84 bits per heavy atom. The van der Waals surface area contributed by atoms with Gasteiger partial charge in [-0.15, -0.1) is 11.3 Å². The fraction of sp³-hybridized carbons (Fsp3) is 0.438. The van der Waals surface area contributed by atoms with Crippen molar-refractivity contribution in [2.75, 3.05) is 0 Å². The van der Waals surface area contributed by atoms with E-state index < -0.39 is 0 Å². The molecule has 3 heteroatoms. The lowest BCUT2D eigenvalue weighted by atomic mass is 9.86. The molecule has 1 heterocycles. The molecule has 2 rings (SSSR count). The predicted octanol–water partition coefficient (Wildman–Crippen LogP) is 4.52. The molecule has 102 valence electrons. The minimum absolute atomic E-state index is 0.0626. The highest BCUT2D eigenvalue weighted by molar-refractivity contribution is 7.10. The SMILES string of the molecule is CCC(N)c1nc(-c2ccc(C(C)(C)C)cc2)cs1. The van der Waals surface area contributed by atoms with Crippen LogP contribution < -0.4 is 5.73 Å². The Hall–Kier alpha value is -1.19. The van der Waals surface area contributed by atoms with Crippen LogP contribution in [0, 0.1) is 0 Å². The molecule has 2 nitrogen and oxygen atoms in total. The highest BCUT2D eigenvalue weighted by Crippen LogP contribution is 2.28. The van der Waals surface area contributed by atoms with Crippen LogP contribution in [0.3, 0.4) is 0 Å². The number of hydrogen-bond acceptors (Lipinski definition) is 3. The molecule has 0 fully saturated rings. The molecule has 1 atom stereocenters. The smallest absolute Gasteiger partial charge is 0.110 e. The van der Waals surface area contributed by atoms with E-state index in [2.05, 4.69) is 62.3 Å². The second-order valence-electron chi connectivity index (χ2n) is 5.91. The first-order chi connectivity index (χ1) is 8.91. The summed E-state index contributed by atoms with van der Waals surface area (Å²) in [6.45, 7) is 8.76. The van der Waals surface area contributed by atoms with Gasteiger partial charge in [0, 0.05) is 10.9 Å². The number of rotatable bonds is 3. The number of hydrogen-bond donors (Lipinski definition) is 1. The number of nitrogens with zero attached hydrogens (tertiary/aromatic N) is 1. The lowest BCUT2D eigenvalue weighted by Crippen LogP contribution is -2.10. The molecule has 0 bridgehead atoms. The van der Waals surface area contributed by atoms with Crippen molar-refractivity contribution in [3.05, 3.63) is 40.2 Å². The molecular formula is C16H22N2S. The Balaban J connectivity index is 2.25. The van der Waals surface area contributed by atoms with Crippen LogP contribution in [0.4, 0.5) is 0 Å². The molecule has 0 aliphatic rings. The summed E-state index contributed by atoms with van der Waals surface area (Å²) in [6, 6.07) is 8.74. The first-order valence-corrected chi connectivity index (χ1v) is 7.61. The zero-order valence-electron chi connectivity index (χ0n) is 12.1. The fourth-order valence-electron chi connectivity index (χ4n) is 1.91. The minimum atomic E-state index is 0.0626. The van der Waals surface area contributed by atoms with Crippen molar-refractivity contribution in [2.45, 2.75) is 45.6 Å². The fourth-order valence-corrected chi connectivity index (χ4v) is 2.82. The van der Waals surface area contributed by atoms with Crippen LogP contribution >= 0.6 is 11.3 Å². The zero-order chi connectivity index (χ0) is 14.0. The van der Waals surface area contributed by atoms with Gasteiger partial charge in [-0.3, -0.25) is 0 Å². The molecule has 0 radical (unpaired) electrons. The van der Waals surface area contributed by atoms with E-state index in [1.54, 1.807) is 11.3 Å². The summed E-state index contributed by atoms with van der Waals surface area (Å²) < 4.78 is 0. The van der Waals surface area contributed by atoms with E-state index >= 15 is 0 Å². The van der Waals surface area contributed by atoms with Crippen LogP contribution in [-0.4, -0.2) is 4.98 Å². The largest absolute Gasteiger partial charge is 0.322 e. The third-order valence-electron chi connectivity index (χ3n) is 3.33. The van der Waals surface area contributed by atoms with E-state index in [0.717, 1.165) is 17.1 Å². The average Bonchev–Trinajstić information content (AvgIpc) is 2.86. The van der Waals surface area contributed by atoms with E-state index in [4.69, 9.17) is 5.73 Å². The Labute approximate surface area is 119 Å². The molecule has 0 amide bonds. The number of aromatic nitrogens is 1.